The zero-order valence-electron chi connectivity index (χ0n) is 10.4. The van der Waals surface area contributed by atoms with Gasteiger partial charge in [0.2, 0.25) is 0 Å². The van der Waals surface area contributed by atoms with Crippen LogP contribution in [-0.2, 0) is 6.54 Å². The summed E-state index contributed by atoms with van der Waals surface area (Å²) < 4.78 is 0. The maximum absolute atomic E-state index is 10.8. The quantitative estimate of drug-likeness (QED) is 0.872. The van der Waals surface area contributed by atoms with E-state index in [-0.39, 0.29) is 0 Å². The fourth-order valence-electron chi connectivity index (χ4n) is 2.52. The third-order valence-electron chi connectivity index (χ3n) is 3.70. The van der Waals surface area contributed by atoms with E-state index < -0.39 is 5.97 Å². The Morgan fingerprint density at radius 2 is 1.76 bits per heavy atom. The molecule has 0 aliphatic carbocycles. The molecular weight excluding hydrogens is 214 g/mol. The first-order chi connectivity index (χ1) is 8.08. The number of benzene rings is 1. The first kappa shape index (κ1) is 12.1. The molecule has 1 aliphatic heterocycles. The molecule has 0 radical (unpaired) electrons. The normalized spacial score (nSPS) is 25.1. The number of aromatic carboxylic acids is 1. The van der Waals surface area contributed by atoms with E-state index in [1.165, 1.54) is 18.4 Å². The van der Waals surface area contributed by atoms with Gasteiger partial charge in [-0.25, -0.2) is 4.79 Å². The fourth-order valence-corrected chi connectivity index (χ4v) is 2.52. The van der Waals surface area contributed by atoms with E-state index in [1.807, 2.05) is 12.1 Å². The van der Waals surface area contributed by atoms with Gasteiger partial charge < -0.3 is 5.11 Å². The second kappa shape index (κ2) is 4.88. The van der Waals surface area contributed by atoms with Crippen LogP contribution in [0.2, 0.25) is 0 Å². The van der Waals surface area contributed by atoms with E-state index in [4.69, 9.17) is 5.11 Å². The van der Waals surface area contributed by atoms with Crippen molar-refractivity contribution >= 4 is 5.97 Å². The summed E-state index contributed by atoms with van der Waals surface area (Å²) in [5.74, 6) is -0.862. The molecule has 17 heavy (non-hydrogen) atoms. The van der Waals surface area contributed by atoms with Gasteiger partial charge in [-0.1, -0.05) is 12.1 Å². The van der Waals surface area contributed by atoms with Gasteiger partial charge in [0, 0.05) is 18.6 Å². The van der Waals surface area contributed by atoms with Crippen molar-refractivity contribution in [2.75, 3.05) is 0 Å². The maximum Gasteiger partial charge on any atom is 0.335 e. The molecule has 1 aromatic rings. The Labute approximate surface area is 102 Å². The van der Waals surface area contributed by atoms with E-state index in [1.54, 1.807) is 12.1 Å². The Balaban J connectivity index is 2.06. The molecule has 1 N–H and O–H groups in total. The molecule has 3 heteroatoms. The molecule has 1 aromatic carbocycles. The number of likely N-dealkylation sites (tertiary alicyclic amines) is 1. The van der Waals surface area contributed by atoms with Crippen LogP contribution in [0.4, 0.5) is 0 Å². The monoisotopic (exact) mass is 233 g/mol. The molecule has 1 fully saturated rings. The number of carbonyl (C=O) groups is 1. The zero-order chi connectivity index (χ0) is 12.4. The van der Waals surface area contributed by atoms with Crippen LogP contribution >= 0.6 is 0 Å². The molecule has 92 valence electrons. The summed E-state index contributed by atoms with van der Waals surface area (Å²) >= 11 is 0. The van der Waals surface area contributed by atoms with Gasteiger partial charge in [0.05, 0.1) is 5.56 Å². The molecule has 0 amide bonds. The van der Waals surface area contributed by atoms with E-state index >= 15 is 0 Å². The van der Waals surface area contributed by atoms with Crippen LogP contribution in [0.3, 0.4) is 0 Å². The number of hydrogen-bond donors (Lipinski definition) is 1. The minimum atomic E-state index is -0.862. The third-order valence-corrected chi connectivity index (χ3v) is 3.70. The smallest absolute Gasteiger partial charge is 0.335 e. The van der Waals surface area contributed by atoms with E-state index in [0.717, 1.165) is 6.54 Å². The van der Waals surface area contributed by atoms with Crippen molar-refractivity contribution in [2.45, 2.75) is 45.3 Å². The standard InChI is InChI=1S/C14H19NO2/c1-10-3-4-11(2)15(10)9-12-5-7-13(8-6-12)14(16)17/h5-8,10-11H,3-4,9H2,1-2H3,(H,16,17). The van der Waals surface area contributed by atoms with E-state index in [9.17, 15) is 4.79 Å². The molecule has 2 unspecified atom stereocenters. The molecule has 2 rings (SSSR count). The average molecular weight is 233 g/mol. The Morgan fingerprint density at radius 3 is 2.24 bits per heavy atom. The van der Waals surface area contributed by atoms with Crippen LogP contribution in [0.15, 0.2) is 24.3 Å². The van der Waals surface area contributed by atoms with E-state index in [0.29, 0.717) is 17.6 Å². The summed E-state index contributed by atoms with van der Waals surface area (Å²) in [5, 5.41) is 8.83. The summed E-state index contributed by atoms with van der Waals surface area (Å²) in [5.41, 5.74) is 1.55. The number of hydrogen-bond acceptors (Lipinski definition) is 2. The first-order valence-electron chi connectivity index (χ1n) is 6.16. The highest BCUT2D eigenvalue weighted by atomic mass is 16.4. The van der Waals surface area contributed by atoms with Crippen molar-refractivity contribution in [1.29, 1.82) is 0 Å². The SMILES string of the molecule is CC1CCC(C)N1Cc1ccc(C(=O)O)cc1. The molecule has 1 heterocycles. The fraction of sp³-hybridized carbons (Fsp3) is 0.500. The highest BCUT2D eigenvalue weighted by Crippen LogP contribution is 2.25. The highest BCUT2D eigenvalue weighted by molar-refractivity contribution is 5.87. The van der Waals surface area contributed by atoms with Crippen LogP contribution in [0, 0.1) is 0 Å². The first-order valence-corrected chi connectivity index (χ1v) is 6.16. The zero-order valence-corrected chi connectivity index (χ0v) is 10.4. The summed E-state index contributed by atoms with van der Waals surface area (Å²) in [4.78, 5) is 13.2. The molecule has 1 aliphatic rings. The van der Waals surface area contributed by atoms with Crippen molar-refractivity contribution in [1.82, 2.24) is 4.90 Å². The van der Waals surface area contributed by atoms with Crippen molar-refractivity contribution in [3.8, 4) is 0 Å². The Kier molecular flexibility index (Phi) is 3.48. The van der Waals surface area contributed by atoms with Crippen LogP contribution in [-0.4, -0.2) is 28.1 Å². The lowest BCUT2D eigenvalue weighted by molar-refractivity contribution is 0.0697. The Bertz CT molecular complexity index is 389. The number of carboxylic acid groups (broad SMARTS) is 1. The van der Waals surface area contributed by atoms with E-state index in [2.05, 4.69) is 18.7 Å². The van der Waals surface area contributed by atoms with Gasteiger partial charge in [-0.3, -0.25) is 4.90 Å². The molecule has 1 saturated heterocycles. The van der Waals surface area contributed by atoms with Crippen LogP contribution < -0.4 is 0 Å². The van der Waals surface area contributed by atoms with Gasteiger partial charge in [0.15, 0.2) is 0 Å². The Hall–Kier alpha value is -1.35. The molecule has 0 saturated carbocycles. The Morgan fingerprint density at radius 1 is 1.24 bits per heavy atom. The van der Waals surface area contributed by atoms with Gasteiger partial charge in [-0.2, -0.15) is 0 Å². The second-order valence-electron chi connectivity index (χ2n) is 4.95. The highest BCUT2D eigenvalue weighted by Gasteiger charge is 2.26. The molecule has 0 spiro atoms. The minimum absolute atomic E-state index is 0.358. The molecule has 0 aromatic heterocycles. The summed E-state index contributed by atoms with van der Waals surface area (Å²) in [7, 11) is 0. The van der Waals surface area contributed by atoms with Gasteiger partial charge in [-0.05, 0) is 44.4 Å². The summed E-state index contributed by atoms with van der Waals surface area (Å²) in [6.07, 6.45) is 2.52. The predicted octanol–water partition coefficient (Wildman–Crippen LogP) is 2.76. The summed E-state index contributed by atoms with van der Waals surface area (Å²) in [6, 6.07) is 8.46. The van der Waals surface area contributed by atoms with Crippen LogP contribution in [0.5, 0.6) is 0 Å². The average Bonchev–Trinajstić information content (AvgIpc) is 2.61. The predicted molar refractivity (Wildman–Crippen MR) is 67.1 cm³/mol. The molecule has 2 atom stereocenters. The van der Waals surface area contributed by atoms with Gasteiger partial charge in [-0.15, -0.1) is 0 Å². The lowest BCUT2D eigenvalue weighted by atomic mass is 10.1. The molecule has 3 nitrogen and oxygen atoms in total. The lowest BCUT2D eigenvalue weighted by Crippen LogP contribution is -2.31. The van der Waals surface area contributed by atoms with Crippen LogP contribution in [0.1, 0.15) is 42.6 Å². The topological polar surface area (TPSA) is 40.5 Å². The maximum atomic E-state index is 10.8. The minimum Gasteiger partial charge on any atom is -0.478 e. The molecular formula is C14H19NO2. The number of carboxylic acids is 1. The van der Waals surface area contributed by atoms with Gasteiger partial charge in [0.25, 0.3) is 0 Å². The molecule has 0 bridgehead atoms. The van der Waals surface area contributed by atoms with Crippen molar-refractivity contribution < 1.29 is 9.90 Å². The lowest BCUT2D eigenvalue weighted by Gasteiger charge is -2.25. The van der Waals surface area contributed by atoms with Gasteiger partial charge in [0.1, 0.15) is 0 Å². The van der Waals surface area contributed by atoms with Crippen LogP contribution in [0.25, 0.3) is 0 Å². The number of rotatable bonds is 3. The summed E-state index contributed by atoms with van der Waals surface area (Å²) in [6.45, 7) is 5.44. The van der Waals surface area contributed by atoms with Crippen molar-refractivity contribution in [3.05, 3.63) is 35.4 Å². The second-order valence-corrected chi connectivity index (χ2v) is 4.95. The third kappa shape index (κ3) is 2.67. The largest absolute Gasteiger partial charge is 0.478 e. The van der Waals surface area contributed by atoms with Gasteiger partial charge >= 0.3 is 5.97 Å². The van der Waals surface area contributed by atoms with Crippen molar-refractivity contribution in [3.63, 3.8) is 0 Å². The number of nitrogens with zero attached hydrogens (tertiary/aromatic N) is 1. The van der Waals surface area contributed by atoms with Crippen molar-refractivity contribution in [2.24, 2.45) is 0 Å².